The van der Waals surface area contributed by atoms with Gasteiger partial charge in [-0.05, 0) is 25.5 Å². The fraction of sp³-hybridized carbons (Fsp3) is 0.333. The van der Waals surface area contributed by atoms with Crippen molar-refractivity contribution in [2.75, 3.05) is 4.90 Å². The summed E-state index contributed by atoms with van der Waals surface area (Å²) in [6, 6.07) is 12.5. The maximum Gasteiger partial charge on any atom is 0.159 e. The first-order valence-electron chi connectivity index (χ1n) is 8.87. The summed E-state index contributed by atoms with van der Waals surface area (Å²) in [6.07, 6.45) is 4.29. The number of nitrogens with one attached hydrogen (secondary N) is 1. The van der Waals surface area contributed by atoms with Gasteiger partial charge in [0, 0.05) is 23.2 Å². The molecule has 0 amide bonds. The Morgan fingerprint density at radius 2 is 1.67 bits per heavy atom. The van der Waals surface area contributed by atoms with Crippen molar-refractivity contribution in [3.63, 3.8) is 0 Å². The van der Waals surface area contributed by atoms with Gasteiger partial charge in [0.15, 0.2) is 5.58 Å². The Bertz CT molecular complexity index is 832. The third-order valence-electron chi connectivity index (χ3n) is 3.97. The molecule has 0 radical (unpaired) electrons. The molecule has 0 saturated heterocycles. The highest BCUT2D eigenvalue weighted by atomic mass is 16.3. The van der Waals surface area contributed by atoms with Gasteiger partial charge in [0.1, 0.15) is 11.7 Å². The first-order chi connectivity index (χ1) is 11.8. The van der Waals surface area contributed by atoms with E-state index in [0.29, 0.717) is 0 Å². The van der Waals surface area contributed by atoms with Gasteiger partial charge in [-0.1, -0.05) is 58.0 Å². The van der Waals surface area contributed by atoms with E-state index in [1.54, 1.807) is 0 Å². The lowest BCUT2D eigenvalue weighted by atomic mass is 10.1. The summed E-state index contributed by atoms with van der Waals surface area (Å²) in [5.74, 6) is 0. The Labute approximate surface area is 144 Å². The Kier molecular flexibility index (Phi) is 5.91. The smallest absolute Gasteiger partial charge is 0.159 e. The van der Waals surface area contributed by atoms with E-state index in [9.17, 15) is 0 Å². The first-order valence-corrected chi connectivity index (χ1v) is 8.87. The molecule has 1 aliphatic rings. The minimum atomic E-state index is 0.243. The van der Waals surface area contributed by atoms with E-state index in [1.807, 2.05) is 46.0 Å². The zero-order chi connectivity index (χ0) is 17.7. The van der Waals surface area contributed by atoms with Crippen LogP contribution < -0.4 is 10.2 Å². The predicted molar refractivity (Wildman–Crippen MR) is 105 cm³/mol. The van der Waals surface area contributed by atoms with Crippen LogP contribution >= 0.6 is 0 Å². The summed E-state index contributed by atoms with van der Waals surface area (Å²) in [6.45, 7) is 12.3. The fourth-order valence-corrected chi connectivity index (χ4v) is 2.93. The number of hydrogen-bond donors (Lipinski definition) is 1. The lowest BCUT2D eigenvalue weighted by Gasteiger charge is -2.24. The van der Waals surface area contributed by atoms with E-state index in [4.69, 9.17) is 4.42 Å². The second-order valence-corrected chi connectivity index (χ2v) is 5.27. The number of nitrogens with zero attached hydrogens (tertiary/aromatic N) is 1. The van der Waals surface area contributed by atoms with E-state index in [1.165, 1.54) is 16.3 Å². The minimum Gasteiger partial charge on any atom is -0.454 e. The molecule has 1 atom stereocenters. The Hall–Kier alpha value is -2.42. The van der Waals surface area contributed by atoms with Crippen molar-refractivity contribution in [2.45, 2.75) is 47.7 Å². The largest absolute Gasteiger partial charge is 0.454 e. The molecule has 0 aliphatic carbocycles. The topological polar surface area (TPSA) is 28.4 Å². The average molecular weight is 324 g/mol. The molecule has 4 rings (SSSR count). The molecule has 24 heavy (non-hydrogen) atoms. The number of aryl methyl sites for hydroxylation is 1. The maximum absolute atomic E-state index is 6.12. The monoisotopic (exact) mass is 324 g/mol. The van der Waals surface area contributed by atoms with Crippen molar-refractivity contribution >= 4 is 27.6 Å². The van der Waals surface area contributed by atoms with Crippen LogP contribution in [0.25, 0.3) is 21.9 Å². The summed E-state index contributed by atoms with van der Waals surface area (Å²) in [4.78, 5) is 2.22. The Morgan fingerprint density at radius 3 is 2.33 bits per heavy atom. The normalized spacial score (nSPS) is 15.6. The Morgan fingerprint density at radius 1 is 0.958 bits per heavy atom. The molecule has 0 bridgehead atoms. The highest BCUT2D eigenvalue weighted by Gasteiger charge is 2.22. The van der Waals surface area contributed by atoms with Crippen LogP contribution in [0.15, 0.2) is 53.2 Å². The Balaban J connectivity index is 0.000000487. The molecular formula is C21H28N2O. The van der Waals surface area contributed by atoms with Crippen molar-refractivity contribution in [3.8, 4) is 0 Å². The van der Waals surface area contributed by atoms with Gasteiger partial charge < -0.3 is 14.6 Å². The molecule has 3 aromatic rings. The molecule has 0 fully saturated rings. The summed E-state index contributed by atoms with van der Waals surface area (Å²) in [5.41, 5.74) is 4.27. The van der Waals surface area contributed by atoms with E-state index < -0.39 is 0 Å². The number of para-hydroxylation sites is 1. The van der Waals surface area contributed by atoms with Crippen molar-refractivity contribution < 1.29 is 4.42 Å². The van der Waals surface area contributed by atoms with Crippen LogP contribution in [0, 0.1) is 6.92 Å². The van der Waals surface area contributed by atoms with E-state index in [0.717, 1.165) is 16.9 Å². The number of fused-ring (bicyclic) bond motifs is 3. The van der Waals surface area contributed by atoms with Gasteiger partial charge in [0.25, 0.3) is 0 Å². The van der Waals surface area contributed by atoms with E-state index >= 15 is 0 Å². The summed E-state index contributed by atoms with van der Waals surface area (Å²) in [5, 5.41) is 5.65. The third kappa shape index (κ3) is 2.99. The van der Waals surface area contributed by atoms with Gasteiger partial charge in [-0.15, -0.1) is 0 Å². The van der Waals surface area contributed by atoms with Crippen molar-refractivity contribution in [2.24, 2.45) is 0 Å². The maximum atomic E-state index is 6.12. The molecule has 0 saturated carbocycles. The number of hydrogen-bond acceptors (Lipinski definition) is 3. The summed E-state index contributed by atoms with van der Waals surface area (Å²) >= 11 is 0. The van der Waals surface area contributed by atoms with Crippen LogP contribution in [0.3, 0.4) is 0 Å². The van der Waals surface area contributed by atoms with Crippen LogP contribution in [-0.2, 0) is 0 Å². The lowest BCUT2D eigenvalue weighted by Crippen LogP contribution is -2.32. The lowest BCUT2D eigenvalue weighted by molar-refractivity contribution is 0.651. The van der Waals surface area contributed by atoms with Gasteiger partial charge in [-0.25, -0.2) is 0 Å². The van der Waals surface area contributed by atoms with Crippen molar-refractivity contribution in [3.05, 3.63) is 54.4 Å². The molecule has 2 heterocycles. The molecule has 1 aromatic heterocycles. The van der Waals surface area contributed by atoms with Gasteiger partial charge in [-0.3, -0.25) is 0 Å². The highest BCUT2D eigenvalue weighted by molar-refractivity contribution is 6.09. The van der Waals surface area contributed by atoms with Crippen molar-refractivity contribution in [1.29, 1.82) is 0 Å². The van der Waals surface area contributed by atoms with Crippen LogP contribution in [-0.4, -0.2) is 6.17 Å². The molecule has 0 spiro atoms. The zero-order valence-electron chi connectivity index (χ0n) is 15.6. The SMILES string of the molecule is CC.CC.Cc1ccc2c(oc3ccccc32)c1N1C=CN[C@@H]1C. The molecule has 1 N–H and O–H groups in total. The first kappa shape index (κ1) is 17.9. The van der Waals surface area contributed by atoms with Gasteiger partial charge in [-0.2, -0.15) is 0 Å². The zero-order valence-corrected chi connectivity index (χ0v) is 15.6. The van der Waals surface area contributed by atoms with Crippen molar-refractivity contribution in [1.82, 2.24) is 5.32 Å². The average Bonchev–Trinajstić information content (AvgIpc) is 3.22. The van der Waals surface area contributed by atoms with Gasteiger partial charge in [0.2, 0.25) is 0 Å². The second kappa shape index (κ2) is 7.91. The quantitative estimate of drug-likeness (QED) is 0.580. The highest BCUT2D eigenvalue weighted by Crippen LogP contribution is 2.38. The van der Waals surface area contributed by atoms with Crippen LogP contribution in [0.2, 0.25) is 0 Å². The molecule has 1 aliphatic heterocycles. The number of benzene rings is 2. The summed E-state index contributed by atoms with van der Waals surface area (Å²) < 4.78 is 6.12. The van der Waals surface area contributed by atoms with Crippen LogP contribution in [0.1, 0.15) is 40.2 Å². The molecule has 3 heteroatoms. The fourth-order valence-electron chi connectivity index (χ4n) is 2.93. The number of furan rings is 1. The second-order valence-electron chi connectivity index (χ2n) is 5.27. The van der Waals surface area contributed by atoms with E-state index in [-0.39, 0.29) is 6.17 Å². The van der Waals surface area contributed by atoms with Gasteiger partial charge >= 0.3 is 0 Å². The minimum absolute atomic E-state index is 0.243. The number of rotatable bonds is 1. The standard InChI is InChI=1S/C17H16N2O.2C2H6/c1-11-7-8-14-13-5-3-4-6-15(13)20-17(14)16(11)19-10-9-18-12(19)2;2*1-2/h3-10,12,18H,1-2H3;2*1-2H3/t12-;;/m0../s1. The predicted octanol–water partition coefficient (Wildman–Crippen LogP) is 6.17. The van der Waals surface area contributed by atoms with Crippen LogP contribution in [0.5, 0.6) is 0 Å². The van der Waals surface area contributed by atoms with E-state index in [2.05, 4.69) is 54.5 Å². The number of anilines is 1. The summed E-state index contributed by atoms with van der Waals surface area (Å²) in [7, 11) is 0. The molecule has 128 valence electrons. The van der Waals surface area contributed by atoms with Crippen LogP contribution in [0.4, 0.5) is 5.69 Å². The molecular weight excluding hydrogens is 296 g/mol. The van der Waals surface area contributed by atoms with Gasteiger partial charge in [0.05, 0.1) is 5.69 Å². The molecule has 0 unspecified atom stereocenters. The molecule has 2 aromatic carbocycles. The molecule has 3 nitrogen and oxygen atoms in total. The third-order valence-corrected chi connectivity index (χ3v) is 3.97.